The van der Waals surface area contributed by atoms with Crippen molar-refractivity contribution in [2.45, 2.75) is 36.1 Å². The molecular formula is C11H12ClN5S. The van der Waals surface area contributed by atoms with Gasteiger partial charge in [-0.3, -0.25) is 4.57 Å². The molecular weight excluding hydrogens is 270 g/mol. The third kappa shape index (κ3) is 2.64. The first-order valence-corrected chi connectivity index (χ1v) is 7.13. The van der Waals surface area contributed by atoms with Crippen LogP contribution in [0.25, 0.3) is 5.95 Å². The van der Waals surface area contributed by atoms with Crippen LogP contribution in [-0.4, -0.2) is 29.8 Å². The zero-order valence-electron chi connectivity index (χ0n) is 9.66. The molecule has 0 aliphatic heterocycles. The van der Waals surface area contributed by atoms with Crippen molar-refractivity contribution in [1.29, 1.82) is 0 Å². The Balaban J connectivity index is 1.86. The van der Waals surface area contributed by atoms with E-state index in [1.807, 2.05) is 0 Å². The second kappa shape index (κ2) is 5.24. The third-order valence-electron chi connectivity index (χ3n) is 2.89. The molecule has 0 saturated heterocycles. The van der Waals surface area contributed by atoms with Crippen LogP contribution >= 0.6 is 23.4 Å². The zero-order valence-corrected chi connectivity index (χ0v) is 11.2. The van der Waals surface area contributed by atoms with Crippen LogP contribution in [0.15, 0.2) is 23.9 Å². The Morgan fingerprint density at radius 1 is 1.22 bits per heavy atom. The summed E-state index contributed by atoms with van der Waals surface area (Å²) in [7, 11) is 0. The highest BCUT2D eigenvalue weighted by Gasteiger charge is 2.18. The van der Waals surface area contributed by atoms with Gasteiger partial charge in [0.2, 0.25) is 11.2 Å². The summed E-state index contributed by atoms with van der Waals surface area (Å²) in [5.41, 5.74) is 0. The molecule has 2 aromatic heterocycles. The molecule has 0 spiro atoms. The Kier molecular flexibility index (Phi) is 3.47. The molecule has 3 rings (SSSR count). The van der Waals surface area contributed by atoms with Gasteiger partial charge in [0.15, 0.2) is 5.16 Å². The molecule has 1 aliphatic carbocycles. The Hall–Kier alpha value is -1.14. The highest BCUT2D eigenvalue weighted by molar-refractivity contribution is 7.99. The molecule has 0 aromatic carbocycles. The van der Waals surface area contributed by atoms with E-state index in [1.54, 1.807) is 35.0 Å². The number of imidazole rings is 1. The Bertz CT molecular complexity index is 524. The van der Waals surface area contributed by atoms with E-state index in [1.165, 1.54) is 25.7 Å². The molecule has 0 amide bonds. The summed E-state index contributed by atoms with van der Waals surface area (Å²) in [5.74, 6) is 0.521. The molecule has 1 aliphatic rings. The number of halogens is 1. The first-order valence-electron chi connectivity index (χ1n) is 5.88. The monoisotopic (exact) mass is 281 g/mol. The fraction of sp³-hybridized carbons (Fsp3) is 0.455. The lowest BCUT2D eigenvalue weighted by molar-refractivity contribution is 0.813. The number of rotatable bonds is 3. The number of hydrogen-bond acceptors (Lipinski definition) is 5. The molecule has 94 valence electrons. The van der Waals surface area contributed by atoms with Crippen LogP contribution in [-0.2, 0) is 0 Å². The summed E-state index contributed by atoms with van der Waals surface area (Å²) < 4.78 is 1.73. The highest BCUT2D eigenvalue weighted by atomic mass is 35.5. The fourth-order valence-electron chi connectivity index (χ4n) is 2.02. The lowest BCUT2D eigenvalue weighted by Crippen LogP contribution is -2.04. The maximum absolute atomic E-state index is 5.94. The van der Waals surface area contributed by atoms with Crippen molar-refractivity contribution in [2.24, 2.45) is 0 Å². The quantitative estimate of drug-likeness (QED) is 0.866. The van der Waals surface area contributed by atoms with Gasteiger partial charge in [-0.05, 0) is 24.4 Å². The average Bonchev–Trinajstić information content (AvgIpc) is 3.00. The number of nitrogens with zero attached hydrogens (tertiary/aromatic N) is 5. The molecule has 0 atom stereocenters. The Labute approximate surface area is 114 Å². The molecule has 1 fully saturated rings. The summed E-state index contributed by atoms with van der Waals surface area (Å²) in [5, 5.41) is 1.54. The second-order valence-corrected chi connectivity index (χ2v) is 5.79. The lowest BCUT2D eigenvalue weighted by atomic mass is 10.4. The first-order chi connectivity index (χ1) is 8.81. The SMILES string of the molecule is Clc1nc(SC2CCCC2)nc(-n2ccnc2)n1. The van der Waals surface area contributed by atoms with E-state index in [9.17, 15) is 0 Å². The van der Waals surface area contributed by atoms with E-state index in [2.05, 4.69) is 19.9 Å². The van der Waals surface area contributed by atoms with Crippen molar-refractivity contribution in [3.63, 3.8) is 0 Å². The van der Waals surface area contributed by atoms with Crippen LogP contribution in [0.2, 0.25) is 5.28 Å². The predicted molar refractivity (Wildman–Crippen MR) is 70.1 cm³/mol. The third-order valence-corrected chi connectivity index (χ3v) is 4.25. The van der Waals surface area contributed by atoms with Gasteiger partial charge >= 0.3 is 0 Å². The minimum atomic E-state index is 0.231. The summed E-state index contributed by atoms with van der Waals surface area (Å²) in [6.07, 6.45) is 10.2. The second-order valence-electron chi connectivity index (χ2n) is 4.18. The van der Waals surface area contributed by atoms with Crippen molar-refractivity contribution in [2.75, 3.05) is 0 Å². The summed E-state index contributed by atoms with van der Waals surface area (Å²) >= 11 is 7.64. The number of thioether (sulfide) groups is 1. The zero-order chi connectivity index (χ0) is 12.4. The minimum Gasteiger partial charge on any atom is -0.274 e. The van der Waals surface area contributed by atoms with Crippen LogP contribution in [0, 0.1) is 0 Å². The van der Waals surface area contributed by atoms with E-state index in [4.69, 9.17) is 11.6 Å². The van der Waals surface area contributed by atoms with Crippen molar-refractivity contribution in [3.05, 3.63) is 24.0 Å². The lowest BCUT2D eigenvalue weighted by Gasteiger charge is -2.08. The first kappa shape index (κ1) is 11.9. The molecule has 0 N–H and O–H groups in total. The Morgan fingerprint density at radius 2 is 2.06 bits per heavy atom. The highest BCUT2D eigenvalue weighted by Crippen LogP contribution is 2.33. The topological polar surface area (TPSA) is 56.5 Å². The van der Waals surface area contributed by atoms with Crippen LogP contribution in [0.1, 0.15) is 25.7 Å². The molecule has 18 heavy (non-hydrogen) atoms. The van der Waals surface area contributed by atoms with Crippen LogP contribution in [0.4, 0.5) is 0 Å². The van der Waals surface area contributed by atoms with Gasteiger partial charge in [-0.25, -0.2) is 4.98 Å². The van der Waals surface area contributed by atoms with Crippen LogP contribution in [0.3, 0.4) is 0 Å². The number of aromatic nitrogens is 5. The van der Waals surface area contributed by atoms with Gasteiger partial charge in [-0.1, -0.05) is 24.6 Å². The van der Waals surface area contributed by atoms with Gasteiger partial charge in [0, 0.05) is 17.6 Å². The van der Waals surface area contributed by atoms with E-state index in [-0.39, 0.29) is 5.28 Å². The maximum atomic E-state index is 5.94. The maximum Gasteiger partial charge on any atom is 0.240 e. The van der Waals surface area contributed by atoms with E-state index >= 15 is 0 Å². The Morgan fingerprint density at radius 3 is 2.78 bits per heavy atom. The minimum absolute atomic E-state index is 0.231. The smallest absolute Gasteiger partial charge is 0.240 e. The van der Waals surface area contributed by atoms with Gasteiger partial charge in [-0.15, -0.1) is 0 Å². The average molecular weight is 282 g/mol. The fourth-order valence-corrected chi connectivity index (χ4v) is 3.37. The largest absolute Gasteiger partial charge is 0.274 e. The molecule has 0 radical (unpaired) electrons. The van der Waals surface area contributed by atoms with Gasteiger partial charge in [0.05, 0.1) is 0 Å². The summed E-state index contributed by atoms with van der Waals surface area (Å²) in [6, 6.07) is 0. The molecule has 0 unspecified atom stereocenters. The van der Waals surface area contributed by atoms with E-state index < -0.39 is 0 Å². The number of hydrogen-bond donors (Lipinski definition) is 0. The molecule has 0 bridgehead atoms. The van der Waals surface area contributed by atoms with Crippen molar-refractivity contribution in [1.82, 2.24) is 24.5 Å². The predicted octanol–water partition coefficient (Wildman–Crippen LogP) is 2.75. The van der Waals surface area contributed by atoms with Crippen LogP contribution < -0.4 is 0 Å². The van der Waals surface area contributed by atoms with Gasteiger partial charge in [0.25, 0.3) is 0 Å². The van der Waals surface area contributed by atoms with Crippen LogP contribution in [0.5, 0.6) is 0 Å². The molecule has 2 aromatic rings. The summed E-state index contributed by atoms with van der Waals surface area (Å²) in [6.45, 7) is 0. The molecule has 7 heteroatoms. The standard InChI is InChI=1S/C11H12ClN5S/c12-9-14-10(17-6-5-13-7-17)16-11(15-9)18-8-3-1-2-4-8/h5-8H,1-4H2. The van der Waals surface area contributed by atoms with Gasteiger partial charge in [0.1, 0.15) is 6.33 Å². The van der Waals surface area contributed by atoms with E-state index in [0.717, 1.165) is 0 Å². The summed E-state index contributed by atoms with van der Waals surface area (Å²) in [4.78, 5) is 16.7. The van der Waals surface area contributed by atoms with Gasteiger partial charge in [-0.2, -0.15) is 15.0 Å². The molecule has 2 heterocycles. The van der Waals surface area contributed by atoms with Crippen molar-refractivity contribution >= 4 is 23.4 Å². The van der Waals surface area contributed by atoms with E-state index in [0.29, 0.717) is 16.4 Å². The van der Waals surface area contributed by atoms with Crippen molar-refractivity contribution in [3.8, 4) is 5.95 Å². The molecule has 5 nitrogen and oxygen atoms in total. The normalized spacial score (nSPS) is 16.3. The van der Waals surface area contributed by atoms with Crippen molar-refractivity contribution < 1.29 is 0 Å². The van der Waals surface area contributed by atoms with Gasteiger partial charge < -0.3 is 0 Å². The molecule has 1 saturated carbocycles.